The number of nitrogens with one attached hydrogen (secondary N) is 1. The van der Waals surface area contributed by atoms with Crippen LogP contribution in [0.25, 0.3) is 11.3 Å². The van der Waals surface area contributed by atoms with Crippen LogP contribution in [0.15, 0.2) is 23.3 Å². The molecule has 0 fully saturated rings. The first kappa shape index (κ1) is 9.64. The number of rotatable bonds is 2. The van der Waals surface area contributed by atoms with Gasteiger partial charge in [0.05, 0.1) is 11.9 Å². The summed E-state index contributed by atoms with van der Waals surface area (Å²) in [5.41, 5.74) is 1.39. The fourth-order valence-electron chi connectivity index (χ4n) is 1.40. The van der Waals surface area contributed by atoms with E-state index < -0.39 is 0 Å². The lowest BCUT2D eigenvalue weighted by Crippen LogP contribution is -2.08. The van der Waals surface area contributed by atoms with Gasteiger partial charge < -0.3 is 4.98 Å². The van der Waals surface area contributed by atoms with Gasteiger partial charge in [-0.05, 0) is 13.8 Å². The lowest BCUT2D eigenvalue weighted by Gasteiger charge is -1.97. The molecule has 2 aromatic heterocycles. The molecule has 5 nitrogen and oxygen atoms in total. The highest BCUT2D eigenvalue weighted by Gasteiger charge is 2.04. The summed E-state index contributed by atoms with van der Waals surface area (Å²) < 4.78 is 1.80. The average Bonchev–Trinajstić information content (AvgIpc) is 2.64. The first-order valence-electron chi connectivity index (χ1n) is 4.80. The molecule has 0 radical (unpaired) electrons. The van der Waals surface area contributed by atoms with Gasteiger partial charge in [0.1, 0.15) is 5.82 Å². The van der Waals surface area contributed by atoms with Crippen molar-refractivity contribution in [3.8, 4) is 11.3 Å². The molecule has 0 amide bonds. The number of aryl methyl sites for hydroxylation is 2. The molecule has 0 atom stereocenters. The van der Waals surface area contributed by atoms with E-state index in [0.29, 0.717) is 11.5 Å². The Morgan fingerprint density at radius 1 is 1.53 bits per heavy atom. The predicted molar refractivity (Wildman–Crippen MR) is 56.5 cm³/mol. The smallest absolute Gasteiger partial charge is 0.251 e. The topological polar surface area (TPSA) is 63.6 Å². The molecule has 15 heavy (non-hydrogen) atoms. The van der Waals surface area contributed by atoms with Gasteiger partial charge in [0.2, 0.25) is 0 Å². The van der Waals surface area contributed by atoms with Crippen LogP contribution in [0.4, 0.5) is 0 Å². The maximum Gasteiger partial charge on any atom is 0.251 e. The highest BCUT2D eigenvalue weighted by atomic mass is 16.1. The summed E-state index contributed by atoms with van der Waals surface area (Å²) >= 11 is 0. The van der Waals surface area contributed by atoms with Crippen molar-refractivity contribution in [1.29, 1.82) is 0 Å². The van der Waals surface area contributed by atoms with E-state index in [1.807, 2.05) is 13.1 Å². The summed E-state index contributed by atoms with van der Waals surface area (Å²) in [7, 11) is 0. The molecule has 0 aliphatic rings. The zero-order chi connectivity index (χ0) is 10.8. The second kappa shape index (κ2) is 3.68. The Bertz CT molecular complexity index is 526. The van der Waals surface area contributed by atoms with Crippen molar-refractivity contribution < 1.29 is 0 Å². The van der Waals surface area contributed by atoms with E-state index in [2.05, 4.69) is 15.1 Å². The van der Waals surface area contributed by atoms with E-state index in [0.717, 1.165) is 12.1 Å². The van der Waals surface area contributed by atoms with Crippen LogP contribution in [0.5, 0.6) is 0 Å². The lowest BCUT2D eigenvalue weighted by molar-refractivity contribution is 0.660. The second-order valence-electron chi connectivity index (χ2n) is 3.30. The Morgan fingerprint density at radius 2 is 2.33 bits per heavy atom. The van der Waals surface area contributed by atoms with Gasteiger partial charge in [-0.3, -0.25) is 9.48 Å². The molecule has 0 unspecified atom stereocenters. The molecule has 0 saturated heterocycles. The van der Waals surface area contributed by atoms with Gasteiger partial charge in [0.25, 0.3) is 5.56 Å². The summed E-state index contributed by atoms with van der Waals surface area (Å²) in [6, 6.07) is 1.48. The van der Waals surface area contributed by atoms with E-state index >= 15 is 0 Å². The minimum Gasteiger partial charge on any atom is -0.311 e. The van der Waals surface area contributed by atoms with Crippen molar-refractivity contribution in [1.82, 2.24) is 19.7 Å². The standard InChI is InChI=1S/C10H12N4O/c1-3-14-6-8(5-11-14)9-4-10(15)13-7(2)12-9/h4-6H,3H2,1-2H3,(H,12,13,15). The summed E-state index contributed by atoms with van der Waals surface area (Å²) in [5.74, 6) is 0.613. The molecule has 5 heteroatoms. The first-order chi connectivity index (χ1) is 7.19. The molecule has 0 saturated carbocycles. The molecule has 0 aromatic carbocycles. The fraction of sp³-hybridized carbons (Fsp3) is 0.300. The van der Waals surface area contributed by atoms with E-state index in [4.69, 9.17) is 0 Å². The van der Waals surface area contributed by atoms with Crippen molar-refractivity contribution in [2.45, 2.75) is 20.4 Å². The Labute approximate surface area is 86.8 Å². The highest BCUT2D eigenvalue weighted by molar-refractivity contribution is 5.56. The normalized spacial score (nSPS) is 10.5. The third-order valence-electron chi connectivity index (χ3n) is 2.11. The zero-order valence-corrected chi connectivity index (χ0v) is 8.69. The van der Waals surface area contributed by atoms with E-state index in [1.54, 1.807) is 17.8 Å². The summed E-state index contributed by atoms with van der Waals surface area (Å²) in [6.45, 7) is 4.57. The molecule has 2 heterocycles. The maximum atomic E-state index is 11.2. The highest BCUT2D eigenvalue weighted by Crippen LogP contribution is 2.13. The molecule has 78 valence electrons. The molecule has 2 rings (SSSR count). The van der Waals surface area contributed by atoms with E-state index in [9.17, 15) is 4.79 Å². The summed E-state index contributed by atoms with van der Waals surface area (Å²) in [6.07, 6.45) is 3.59. The van der Waals surface area contributed by atoms with Crippen molar-refractivity contribution in [2.24, 2.45) is 0 Å². The van der Waals surface area contributed by atoms with Crippen LogP contribution >= 0.6 is 0 Å². The molecule has 0 aliphatic heterocycles. The monoisotopic (exact) mass is 204 g/mol. The van der Waals surface area contributed by atoms with Crippen molar-refractivity contribution in [2.75, 3.05) is 0 Å². The van der Waals surface area contributed by atoms with Gasteiger partial charge in [-0.1, -0.05) is 0 Å². The van der Waals surface area contributed by atoms with E-state index in [-0.39, 0.29) is 5.56 Å². The molecule has 1 N–H and O–H groups in total. The number of aromatic nitrogens is 4. The van der Waals surface area contributed by atoms with Crippen LogP contribution < -0.4 is 5.56 Å². The van der Waals surface area contributed by atoms with Gasteiger partial charge in [0.15, 0.2) is 0 Å². The maximum absolute atomic E-state index is 11.2. The molecule has 0 aliphatic carbocycles. The quantitative estimate of drug-likeness (QED) is 0.792. The van der Waals surface area contributed by atoms with Crippen LogP contribution in [0.1, 0.15) is 12.7 Å². The molecular weight excluding hydrogens is 192 g/mol. The van der Waals surface area contributed by atoms with Gasteiger partial charge in [0, 0.05) is 24.4 Å². The fourth-order valence-corrected chi connectivity index (χ4v) is 1.40. The number of H-pyrrole nitrogens is 1. The number of nitrogens with zero attached hydrogens (tertiary/aromatic N) is 3. The third kappa shape index (κ3) is 1.96. The summed E-state index contributed by atoms with van der Waals surface area (Å²) in [5, 5.41) is 4.13. The summed E-state index contributed by atoms with van der Waals surface area (Å²) in [4.78, 5) is 18.1. The molecule has 0 bridgehead atoms. The lowest BCUT2D eigenvalue weighted by atomic mass is 10.2. The minimum absolute atomic E-state index is 0.137. The molecule has 2 aromatic rings. The van der Waals surface area contributed by atoms with Gasteiger partial charge in [-0.15, -0.1) is 0 Å². The van der Waals surface area contributed by atoms with Crippen molar-refractivity contribution in [3.63, 3.8) is 0 Å². The molecule has 0 spiro atoms. The van der Waals surface area contributed by atoms with E-state index in [1.165, 1.54) is 6.07 Å². The van der Waals surface area contributed by atoms with Gasteiger partial charge in [-0.25, -0.2) is 4.98 Å². The van der Waals surface area contributed by atoms with Crippen LogP contribution in [0.2, 0.25) is 0 Å². The van der Waals surface area contributed by atoms with Crippen LogP contribution in [-0.2, 0) is 6.54 Å². The first-order valence-corrected chi connectivity index (χ1v) is 4.80. The third-order valence-corrected chi connectivity index (χ3v) is 2.11. The van der Waals surface area contributed by atoms with Crippen molar-refractivity contribution >= 4 is 0 Å². The molecular formula is C10H12N4O. The van der Waals surface area contributed by atoms with Crippen LogP contribution in [0, 0.1) is 6.92 Å². The number of hydrogen-bond acceptors (Lipinski definition) is 3. The Kier molecular flexibility index (Phi) is 2.37. The predicted octanol–water partition coefficient (Wildman–Crippen LogP) is 0.962. The number of hydrogen-bond donors (Lipinski definition) is 1. The SMILES string of the molecule is CCn1cc(-c2cc(=O)[nH]c(C)n2)cn1. The van der Waals surface area contributed by atoms with Crippen LogP contribution in [0.3, 0.4) is 0 Å². The van der Waals surface area contributed by atoms with Crippen molar-refractivity contribution in [3.05, 3.63) is 34.6 Å². The van der Waals surface area contributed by atoms with Crippen LogP contribution in [-0.4, -0.2) is 19.7 Å². The Balaban J connectivity index is 2.48. The Morgan fingerprint density at radius 3 is 2.93 bits per heavy atom. The average molecular weight is 204 g/mol. The largest absolute Gasteiger partial charge is 0.311 e. The second-order valence-corrected chi connectivity index (χ2v) is 3.30. The Hall–Kier alpha value is -1.91. The van der Waals surface area contributed by atoms with Gasteiger partial charge >= 0.3 is 0 Å². The zero-order valence-electron chi connectivity index (χ0n) is 8.69. The number of aromatic amines is 1. The minimum atomic E-state index is -0.137. The van der Waals surface area contributed by atoms with Gasteiger partial charge in [-0.2, -0.15) is 5.10 Å².